The Hall–Kier alpha value is -1.34. The zero-order valence-corrected chi connectivity index (χ0v) is 14.3. The van der Waals surface area contributed by atoms with Crippen molar-refractivity contribution in [1.29, 1.82) is 0 Å². The monoisotopic (exact) mass is 340 g/mol. The molecule has 2 aromatic rings. The summed E-state index contributed by atoms with van der Waals surface area (Å²) in [6.45, 7) is 4.45. The normalized spacial score (nSPS) is 12.7. The summed E-state index contributed by atoms with van der Waals surface area (Å²) in [6.07, 6.45) is 9.22. The van der Waals surface area contributed by atoms with Crippen molar-refractivity contribution in [3.63, 3.8) is 0 Å². The average molecular weight is 341 g/mol. The van der Waals surface area contributed by atoms with Gasteiger partial charge in [-0.2, -0.15) is 0 Å². The van der Waals surface area contributed by atoms with Crippen molar-refractivity contribution in [1.82, 2.24) is 0 Å². The van der Waals surface area contributed by atoms with E-state index >= 15 is 0 Å². The van der Waals surface area contributed by atoms with Gasteiger partial charge in [0, 0.05) is 4.47 Å². The highest BCUT2D eigenvalue weighted by Gasteiger charge is 2.16. The number of aryl methyl sites for hydroxylation is 2. The van der Waals surface area contributed by atoms with Gasteiger partial charge in [-0.15, -0.1) is 0 Å². The second-order valence-corrected chi connectivity index (χ2v) is 6.65. The van der Waals surface area contributed by atoms with Crippen LogP contribution in [0.4, 0.5) is 0 Å². The van der Waals surface area contributed by atoms with Crippen molar-refractivity contribution in [2.45, 2.75) is 39.5 Å². The molecule has 0 aromatic heterocycles. The summed E-state index contributed by atoms with van der Waals surface area (Å²) in [7, 11) is 0. The van der Waals surface area contributed by atoms with E-state index in [2.05, 4.69) is 72.3 Å². The largest absolute Gasteiger partial charge is 0.0795 e. The summed E-state index contributed by atoms with van der Waals surface area (Å²) in [5, 5.41) is 0. The molecule has 1 heteroatoms. The van der Waals surface area contributed by atoms with E-state index in [1.807, 2.05) is 0 Å². The van der Waals surface area contributed by atoms with Gasteiger partial charge in [0.05, 0.1) is 0 Å². The van der Waals surface area contributed by atoms with Crippen molar-refractivity contribution in [3.8, 4) is 11.1 Å². The Morgan fingerprint density at radius 3 is 2.62 bits per heavy atom. The van der Waals surface area contributed by atoms with E-state index in [-0.39, 0.29) is 0 Å². The lowest BCUT2D eigenvalue weighted by Gasteiger charge is -2.14. The van der Waals surface area contributed by atoms with Gasteiger partial charge >= 0.3 is 0 Å². The first kappa shape index (κ1) is 14.6. The first-order chi connectivity index (χ1) is 10.2. The Bertz CT molecular complexity index is 678. The Labute approximate surface area is 136 Å². The maximum absolute atomic E-state index is 3.84. The average Bonchev–Trinajstić information content (AvgIpc) is 2.95. The Kier molecular flexibility index (Phi) is 4.30. The number of allylic oxidation sites excluding steroid dienone is 1. The molecule has 0 spiro atoms. The summed E-state index contributed by atoms with van der Waals surface area (Å²) < 4.78 is 1.27. The van der Waals surface area contributed by atoms with Gasteiger partial charge in [-0.3, -0.25) is 0 Å². The summed E-state index contributed by atoms with van der Waals surface area (Å²) >= 11 is 3.84. The van der Waals surface area contributed by atoms with E-state index in [0.29, 0.717) is 0 Å². The lowest BCUT2D eigenvalue weighted by atomic mass is 9.94. The highest BCUT2D eigenvalue weighted by molar-refractivity contribution is 9.10. The molecule has 21 heavy (non-hydrogen) atoms. The van der Waals surface area contributed by atoms with E-state index in [0.717, 1.165) is 6.42 Å². The van der Waals surface area contributed by atoms with Gasteiger partial charge in [0.1, 0.15) is 0 Å². The van der Waals surface area contributed by atoms with Crippen molar-refractivity contribution < 1.29 is 0 Å². The van der Waals surface area contributed by atoms with Gasteiger partial charge in [0.15, 0.2) is 0 Å². The van der Waals surface area contributed by atoms with Crippen LogP contribution in [0.2, 0.25) is 0 Å². The van der Waals surface area contributed by atoms with Crippen LogP contribution in [0.5, 0.6) is 0 Å². The Morgan fingerprint density at radius 2 is 1.90 bits per heavy atom. The molecule has 0 radical (unpaired) electrons. The molecule has 108 valence electrons. The number of hydrogen-bond donors (Lipinski definition) is 0. The van der Waals surface area contributed by atoms with Crippen molar-refractivity contribution in [2.75, 3.05) is 0 Å². The van der Waals surface area contributed by atoms with E-state index in [1.165, 1.54) is 57.1 Å². The van der Waals surface area contributed by atoms with Crippen LogP contribution in [0.3, 0.4) is 0 Å². The molecule has 0 unspecified atom stereocenters. The molecule has 0 nitrogen and oxygen atoms in total. The van der Waals surface area contributed by atoms with E-state index in [1.54, 1.807) is 0 Å². The zero-order valence-electron chi connectivity index (χ0n) is 12.7. The van der Waals surface area contributed by atoms with Gasteiger partial charge in [-0.25, -0.2) is 0 Å². The molecule has 0 saturated carbocycles. The van der Waals surface area contributed by atoms with Crippen LogP contribution >= 0.6 is 15.9 Å². The minimum Gasteiger partial charge on any atom is -0.0795 e. The van der Waals surface area contributed by atoms with Crippen molar-refractivity contribution in [2.24, 2.45) is 0 Å². The smallest absolute Gasteiger partial charge is 0.0297 e. The zero-order chi connectivity index (χ0) is 14.8. The van der Waals surface area contributed by atoms with Gasteiger partial charge in [-0.05, 0) is 75.5 Å². The number of halogens is 1. The molecular weight excluding hydrogens is 320 g/mol. The van der Waals surface area contributed by atoms with Gasteiger partial charge in [0.2, 0.25) is 0 Å². The molecule has 2 aromatic carbocycles. The molecule has 0 heterocycles. The number of rotatable bonds is 4. The van der Waals surface area contributed by atoms with Crippen LogP contribution in [0.15, 0.2) is 40.9 Å². The quantitative estimate of drug-likeness (QED) is 0.609. The molecule has 0 aliphatic heterocycles. The topological polar surface area (TPSA) is 0 Å². The van der Waals surface area contributed by atoms with Crippen molar-refractivity contribution >= 4 is 22.0 Å². The summed E-state index contributed by atoms with van der Waals surface area (Å²) in [4.78, 5) is 0. The highest BCUT2D eigenvalue weighted by atomic mass is 79.9. The molecule has 0 N–H and O–H groups in total. The predicted molar refractivity (Wildman–Crippen MR) is 95.7 cm³/mol. The summed E-state index contributed by atoms with van der Waals surface area (Å²) in [5.41, 5.74) is 8.23. The third kappa shape index (κ3) is 2.85. The highest BCUT2D eigenvalue weighted by Crippen LogP contribution is 2.39. The molecule has 1 aliphatic carbocycles. The third-order valence-corrected chi connectivity index (χ3v) is 5.16. The fourth-order valence-corrected chi connectivity index (χ4v) is 4.01. The molecule has 0 saturated heterocycles. The van der Waals surface area contributed by atoms with Crippen molar-refractivity contribution in [3.05, 3.63) is 63.1 Å². The lowest BCUT2D eigenvalue weighted by Crippen LogP contribution is -1.93. The minimum absolute atomic E-state index is 1.04. The number of benzene rings is 2. The molecule has 0 atom stereocenters. The second kappa shape index (κ2) is 6.19. The number of hydrogen-bond acceptors (Lipinski definition) is 0. The van der Waals surface area contributed by atoms with Crippen LogP contribution in [-0.4, -0.2) is 0 Å². The van der Waals surface area contributed by atoms with Gasteiger partial charge < -0.3 is 0 Å². The first-order valence-corrected chi connectivity index (χ1v) is 8.58. The maximum atomic E-state index is 3.84. The van der Waals surface area contributed by atoms with E-state index in [9.17, 15) is 0 Å². The fourth-order valence-electron chi connectivity index (χ4n) is 3.08. The van der Waals surface area contributed by atoms with E-state index < -0.39 is 0 Å². The van der Waals surface area contributed by atoms with Crippen LogP contribution in [-0.2, 0) is 12.8 Å². The summed E-state index contributed by atoms with van der Waals surface area (Å²) in [6, 6.07) is 11.4. The standard InChI is InChI=1S/C20H21Br/c1-3-4-6-15-9-11-16(12-10-15)19-14(2)13-17-7-5-8-18(17)20(19)21/h5,7,9-13H,3-4,6,8H2,1-2H3. The molecule has 0 bridgehead atoms. The van der Waals surface area contributed by atoms with Crippen LogP contribution in [0, 0.1) is 6.92 Å². The molecule has 3 rings (SSSR count). The third-order valence-electron chi connectivity index (χ3n) is 4.28. The number of unbranched alkanes of at least 4 members (excludes halogenated alkanes) is 1. The SMILES string of the molecule is CCCCc1ccc(-c2c(C)cc3c(c2Br)CC=C3)cc1. The molecule has 0 fully saturated rings. The van der Waals surface area contributed by atoms with Crippen LogP contribution in [0.1, 0.15) is 42.0 Å². The summed E-state index contributed by atoms with van der Waals surface area (Å²) in [5.74, 6) is 0. The molecule has 0 amide bonds. The lowest BCUT2D eigenvalue weighted by molar-refractivity contribution is 0.795. The van der Waals surface area contributed by atoms with Gasteiger partial charge in [-0.1, -0.05) is 55.8 Å². The number of fused-ring (bicyclic) bond motifs is 1. The van der Waals surface area contributed by atoms with Crippen LogP contribution < -0.4 is 0 Å². The maximum Gasteiger partial charge on any atom is 0.0297 e. The molecule has 1 aliphatic rings. The van der Waals surface area contributed by atoms with Crippen LogP contribution in [0.25, 0.3) is 17.2 Å². The minimum atomic E-state index is 1.04. The van der Waals surface area contributed by atoms with E-state index in [4.69, 9.17) is 0 Å². The second-order valence-electron chi connectivity index (χ2n) is 5.86. The predicted octanol–water partition coefficient (Wildman–Crippen LogP) is 6.34. The Morgan fingerprint density at radius 1 is 1.14 bits per heavy atom. The van der Waals surface area contributed by atoms with Gasteiger partial charge in [0.25, 0.3) is 0 Å². The fraction of sp³-hybridized carbons (Fsp3) is 0.300. The first-order valence-electron chi connectivity index (χ1n) is 7.78. The Balaban J connectivity index is 1.97. The molecular formula is C20H21Br.